The molecular weight excluding hydrogens is 254 g/mol. The number of nitrogens with two attached hydrogens (primary N) is 1. The third kappa shape index (κ3) is 5.69. The zero-order chi connectivity index (χ0) is 14.8. The highest BCUT2D eigenvalue weighted by Gasteiger charge is 2.10. The summed E-state index contributed by atoms with van der Waals surface area (Å²) in [4.78, 5) is 2.30. The van der Waals surface area contributed by atoms with Gasteiger partial charge >= 0.3 is 0 Å². The molecule has 0 amide bonds. The smallest absolute Gasteiger partial charge is 0.123 e. The van der Waals surface area contributed by atoms with E-state index in [1.54, 1.807) is 14.2 Å². The number of ether oxygens (including phenoxy) is 2. The maximum atomic E-state index is 7.64. The Hall–Kier alpha value is -1.43. The molecule has 20 heavy (non-hydrogen) atoms. The lowest BCUT2D eigenvalue weighted by Crippen LogP contribution is -2.30. The van der Waals surface area contributed by atoms with Crippen LogP contribution in [0.4, 0.5) is 0 Å². The summed E-state index contributed by atoms with van der Waals surface area (Å²) >= 11 is 0. The molecule has 1 rings (SSSR count). The van der Waals surface area contributed by atoms with Crippen molar-refractivity contribution in [3.05, 3.63) is 35.4 Å². The van der Waals surface area contributed by atoms with Crippen molar-refractivity contribution in [2.75, 3.05) is 40.5 Å². The van der Waals surface area contributed by atoms with Crippen molar-refractivity contribution >= 4 is 5.84 Å². The Morgan fingerprint density at radius 3 is 2.50 bits per heavy atom. The van der Waals surface area contributed by atoms with Crippen LogP contribution in [0.15, 0.2) is 24.3 Å². The molecule has 0 unspecified atom stereocenters. The third-order valence-corrected chi connectivity index (χ3v) is 3.14. The number of hydrogen-bond donors (Lipinski definition) is 2. The Kier molecular flexibility index (Phi) is 7.87. The van der Waals surface area contributed by atoms with E-state index >= 15 is 0 Å². The molecule has 5 nitrogen and oxygen atoms in total. The van der Waals surface area contributed by atoms with E-state index in [9.17, 15) is 0 Å². The van der Waals surface area contributed by atoms with Gasteiger partial charge in [0.1, 0.15) is 5.84 Å². The van der Waals surface area contributed by atoms with E-state index in [2.05, 4.69) is 4.90 Å². The first kappa shape index (κ1) is 16.6. The fourth-order valence-corrected chi connectivity index (χ4v) is 2.08. The molecule has 0 saturated carbocycles. The molecule has 0 heterocycles. The van der Waals surface area contributed by atoms with Gasteiger partial charge in [-0.2, -0.15) is 0 Å². The summed E-state index contributed by atoms with van der Waals surface area (Å²) < 4.78 is 10.3. The van der Waals surface area contributed by atoms with E-state index in [0.717, 1.165) is 43.8 Å². The summed E-state index contributed by atoms with van der Waals surface area (Å²) in [5.74, 6) is 0.115. The number of nitrogen functional groups attached to an aromatic ring is 1. The van der Waals surface area contributed by atoms with Crippen LogP contribution in [0.2, 0.25) is 0 Å². The Balaban J connectivity index is 2.69. The average Bonchev–Trinajstić information content (AvgIpc) is 2.45. The van der Waals surface area contributed by atoms with Crippen molar-refractivity contribution in [2.45, 2.75) is 13.0 Å². The van der Waals surface area contributed by atoms with E-state index < -0.39 is 0 Å². The number of rotatable bonds is 10. The van der Waals surface area contributed by atoms with Gasteiger partial charge in [-0.15, -0.1) is 0 Å². The molecule has 0 aliphatic carbocycles. The van der Waals surface area contributed by atoms with Crippen LogP contribution in [-0.2, 0) is 16.0 Å². The molecule has 0 bridgehead atoms. The van der Waals surface area contributed by atoms with E-state index in [0.29, 0.717) is 6.61 Å². The van der Waals surface area contributed by atoms with E-state index in [-0.39, 0.29) is 5.84 Å². The van der Waals surface area contributed by atoms with Crippen molar-refractivity contribution in [3.63, 3.8) is 0 Å². The Bertz CT molecular complexity index is 410. The summed E-state index contributed by atoms with van der Waals surface area (Å²) in [5, 5.41) is 7.64. The minimum atomic E-state index is 0.115. The molecule has 0 saturated heterocycles. The quantitative estimate of drug-likeness (QED) is 0.386. The number of hydrogen-bond acceptors (Lipinski definition) is 4. The van der Waals surface area contributed by atoms with E-state index in [4.69, 9.17) is 20.6 Å². The van der Waals surface area contributed by atoms with Gasteiger partial charge in [-0.1, -0.05) is 24.3 Å². The first-order valence-electron chi connectivity index (χ1n) is 6.81. The average molecular weight is 279 g/mol. The second-order valence-corrected chi connectivity index (χ2v) is 4.69. The van der Waals surface area contributed by atoms with Crippen molar-refractivity contribution in [2.24, 2.45) is 5.73 Å². The summed E-state index contributed by atoms with van der Waals surface area (Å²) in [6.45, 7) is 3.99. The lowest BCUT2D eigenvalue weighted by Gasteiger charge is -2.23. The summed E-state index contributed by atoms with van der Waals surface area (Å²) in [6.07, 6.45) is 0.975. The van der Waals surface area contributed by atoms with Crippen LogP contribution in [-0.4, -0.2) is 51.3 Å². The van der Waals surface area contributed by atoms with Gasteiger partial charge in [0.2, 0.25) is 0 Å². The number of nitrogens with one attached hydrogen (secondary N) is 1. The molecule has 1 aromatic rings. The fraction of sp³-hybridized carbons (Fsp3) is 0.533. The highest BCUT2D eigenvalue weighted by Crippen LogP contribution is 2.11. The molecule has 0 aromatic heterocycles. The number of amidine groups is 1. The lowest BCUT2D eigenvalue weighted by molar-refractivity contribution is 0.129. The van der Waals surface area contributed by atoms with Gasteiger partial charge in [0, 0.05) is 46.0 Å². The fourth-order valence-electron chi connectivity index (χ4n) is 2.08. The maximum Gasteiger partial charge on any atom is 0.123 e. The second kappa shape index (κ2) is 9.47. The topological polar surface area (TPSA) is 71.6 Å². The van der Waals surface area contributed by atoms with Crippen LogP contribution in [0.25, 0.3) is 0 Å². The van der Waals surface area contributed by atoms with E-state index in [1.165, 1.54) is 0 Å². The maximum absolute atomic E-state index is 7.64. The predicted molar refractivity (Wildman–Crippen MR) is 81.1 cm³/mol. The SMILES string of the molecule is COCCCN(CCOC)Cc1ccccc1C(=N)N. The van der Waals surface area contributed by atoms with Crippen LogP contribution in [0, 0.1) is 5.41 Å². The van der Waals surface area contributed by atoms with E-state index in [1.807, 2.05) is 24.3 Å². The van der Waals surface area contributed by atoms with Gasteiger partial charge in [0.05, 0.1) is 6.61 Å². The van der Waals surface area contributed by atoms with Crippen molar-refractivity contribution in [1.82, 2.24) is 4.90 Å². The molecule has 0 spiro atoms. The molecule has 0 atom stereocenters. The summed E-state index contributed by atoms with van der Waals surface area (Å²) in [5.41, 5.74) is 7.52. The molecule has 1 aromatic carbocycles. The number of benzene rings is 1. The van der Waals surface area contributed by atoms with Gasteiger partial charge in [0.15, 0.2) is 0 Å². The van der Waals surface area contributed by atoms with Crippen molar-refractivity contribution in [3.8, 4) is 0 Å². The lowest BCUT2D eigenvalue weighted by atomic mass is 10.1. The van der Waals surface area contributed by atoms with Gasteiger partial charge in [-0.3, -0.25) is 10.3 Å². The molecule has 3 N–H and O–H groups in total. The van der Waals surface area contributed by atoms with Crippen LogP contribution in [0.3, 0.4) is 0 Å². The van der Waals surface area contributed by atoms with Gasteiger partial charge in [0.25, 0.3) is 0 Å². The standard InChI is InChI=1S/C15H25N3O2/c1-19-10-5-8-18(9-11-20-2)12-13-6-3-4-7-14(13)15(16)17/h3-4,6-7H,5,8-12H2,1-2H3,(H3,16,17). The summed E-state index contributed by atoms with van der Waals surface area (Å²) in [6, 6.07) is 7.80. The molecule has 0 aliphatic rings. The van der Waals surface area contributed by atoms with Gasteiger partial charge < -0.3 is 15.2 Å². The van der Waals surface area contributed by atoms with Crippen LogP contribution >= 0.6 is 0 Å². The normalized spacial score (nSPS) is 10.9. The number of methoxy groups -OCH3 is 2. The molecule has 5 heteroatoms. The molecular formula is C15H25N3O2. The Labute approximate surface area is 121 Å². The van der Waals surface area contributed by atoms with Crippen molar-refractivity contribution in [1.29, 1.82) is 5.41 Å². The van der Waals surface area contributed by atoms with Crippen LogP contribution in [0.5, 0.6) is 0 Å². The van der Waals surface area contributed by atoms with Crippen LogP contribution in [0.1, 0.15) is 17.5 Å². The first-order valence-corrected chi connectivity index (χ1v) is 6.81. The highest BCUT2D eigenvalue weighted by atomic mass is 16.5. The largest absolute Gasteiger partial charge is 0.385 e. The molecule has 0 radical (unpaired) electrons. The third-order valence-electron chi connectivity index (χ3n) is 3.14. The zero-order valence-corrected chi connectivity index (χ0v) is 12.4. The van der Waals surface area contributed by atoms with Gasteiger partial charge in [-0.05, 0) is 12.0 Å². The zero-order valence-electron chi connectivity index (χ0n) is 12.4. The molecule has 112 valence electrons. The molecule has 0 aliphatic heterocycles. The predicted octanol–water partition coefficient (Wildman–Crippen LogP) is 1.46. The first-order chi connectivity index (χ1) is 9.69. The highest BCUT2D eigenvalue weighted by molar-refractivity contribution is 5.96. The minimum absolute atomic E-state index is 0.115. The summed E-state index contributed by atoms with van der Waals surface area (Å²) in [7, 11) is 3.42. The van der Waals surface area contributed by atoms with Crippen LogP contribution < -0.4 is 5.73 Å². The van der Waals surface area contributed by atoms with Gasteiger partial charge in [-0.25, -0.2) is 0 Å². The van der Waals surface area contributed by atoms with Crippen molar-refractivity contribution < 1.29 is 9.47 Å². The molecule has 0 fully saturated rings. The number of nitrogens with zero attached hydrogens (tertiary/aromatic N) is 1. The Morgan fingerprint density at radius 2 is 1.85 bits per heavy atom. The second-order valence-electron chi connectivity index (χ2n) is 4.69. The Morgan fingerprint density at radius 1 is 1.15 bits per heavy atom. The monoisotopic (exact) mass is 279 g/mol. The minimum Gasteiger partial charge on any atom is -0.385 e.